The molecule has 0 aliphatic rings. The van der Waals surface area contributed by atoms with Crippen LogP contribution in [0.3, 0.4) is 0 Å². The molecule has 1 atom stereocenters. The summed E-state index contributed by atoms with van der Waals surface area (Å²) in [6, 6.07) is 19.5. The highest BCUT2D eigenvalue weighted by molar-refractivity contribution is 5.46. The van der Waals surface area contributed by atoms with Gasteiger partial charge in [0.2, 0.25) is 0 Å². The van der Waals surface area contributed by atoms with Gasteiger partial charge < -0.3 is 10.6 Å². The van der Waals surface area contributed by atoms with E-state index in [1.54, 1.807) is 0 Å². The molecule has 0 radical (unpaired) electrons. The van der Waals surface area contributed by atoms with Gasteiger partial charge in [0, 0.05) is 19.8 Å². The molecule has 2 N–H and O–H groups in total. The average molecular weight is 282 g/mol. The Labute approximate surface area is 128 Å². The van der Waals surface area contributed by atoms with Gasteiger partial charge in [-0.15, -0.1) is 0 Å². The number of benzene rings is 2. The Bertz CT molecular complexity index is 517. The third kappa shape index (κ3) is 4.61. The molecule has 0 saturated carbocycles. The van der Waals surface area contributed by atoms with Gasteiger partial charge in [-0.05, 0) is 55.0 Å². The lowest BCUT2D eigenvalue weighted by Crippen LogP contribution is -2.13. The largest absolute Gasteiger partial charge is 0.378 e. The Hall–Kier alpha value is -1.80. The third-order valence-electron chi connectivity index (χ3n) is 4.03. The summed E-state index contributed by atoms with van der Waals surface area (Å²) >= 11 is 0. The van der Waals surface area contributed by atoms with E-state index in [1.165, 1.54) is 23.2 Å². The first-order valence-corrected chi connectivity index (χ1v) is 7.72. The van der Waals surface area contributed by atoms with Gasteiger partial charge in [-0.2, -0.15) is 0 Å². The predicted octanol–water partition coefficient (Wildman–Crippen LogP) is 3.82. The lowest BCUT2D eigenvalue weighted by Gasteiger charge is -2.17. The fraction of sp³-hybridized carbons (Fsp3) is 0.368. The van der Waals surface area contributed by atoms with E-state index in [0.717, 1.165) is 19.4 Å². The number of anilines is 1. The summed E-state index contributed by atoms with van der Waals surface area (Å²) in [4.78, 5) is 2.12. The molecule has 0 amide bonds. The van der Waals surface area contributed by atoms with Crippen LogP contribution in [-0.2, 0) is 6.42 Å². The molecule has 0 spiro atoms. The van der Waals surface area contributed by atoms with E-state index < -0.39 is 0 Å². The summed E-state index contributed by atoms with van der Waals surface area (Å²) in [7, 11) is 4.13. The maximum atomic E-state index is 5.97. The number of nitrogens with two attached hydrogens (primary N) is 1. The van der Waals surface area contributed by atoms with Crippen molar-refractivity contribution in [3.05, 3.63) is 65.7 Å². The molecule has 0 heterocycles. The molecule has 0 fully saturated rings. The zero-order valence-corrected chi connectivity index (χ0v) is 13.1. The smallest absolute Gasteiger partial charge is 0.0361 e. The molecule has 21 heavy (non-hydrogen) atoms. The normalized spacial score (nSPS) is 12.1. The van der Waals surface area contributed by atoms with Crippen LogP contribution in [0.5, 0.6) is 0 Å². The van der Waals surface area contributed by atoms with Crippen LogP contribution >= 0.6 is 0 Å². The lowest BCUT2D eigenvalue weighted by atomic mass is 9.92. The topological polar surface area (TPSA) is 29.3 Å². The molecule has 2 aromatic rings. The van der Waals surface area contributed by atoms with Gasteiger partial charge in [-0.3, -0.25) is 0 Å². The van der Waals surface area contributed by atoms with Crippen molar-refractivity contribution in [2.45, 2.75) is 25.2 Å². The fourth-order valence-electron chi connectivity index (χ4n) is 2.66. The Morgan fingerprint density at radius 1 is 0.952 bits per heavy atom. The molecule has 0 saturated heterocycles. The minimum absolute atomic E-state index is 0.463. The van der Waals surface area contributed by atoms with Gasteiger partial charge in [0.15, 0.2) is 0 Å². The molecule has 2 aromatic carbocycles. The minimum Gasteiger partial charge on any atom is -0.378 e. The van der Waals surface area contributed by atoms with Crippen molar-refractivity contribution >= 4 is 5.69 Å². The number of rotatable bonds is 7. The van der Waals surface area contributed by atoms with Crippen LogP contribution in [0.15, 0.2) is 54.6 Å². The zero-order chi connectivity index (χ0) is 15.1. The first kappa shape index (κ1) is 15.6. The molecule has 2 heteroatoms. The molecule has 0 aliphatic carbocycles. The van der Waals surface area contributed by atoms with E-state index in [2.05, 4.69) is 73.6 Å². The molecule has 0 aliphatic heterocycles. The molecule has 2 rings (SSSR count). The van der Waals surface area contributed by atoms with Crippen LogP contribution in [0.2, 0.25) is 0 Å². The van der Waals surface area contributed by atoms with Crippen LogP contribution < -0.4 is 10.6 Å². The van der Waals surface area contributed by atoms with Gasteiger partial charge in [-0.1, -0.05) is 42.5 Å². The summed E-state index contributed by atoms with van der Waals surface area (Å²) in [6.07, 6.45) is 3.46. The number of hydrogen-bond acceptors (Lipinski definition) is 2. The van der Waals surface area contributed by atoms with Crippen LogP contribution in [-0.4, -0.2) is 20.6 Å². The van der Waals surface area contributed by atoms with Gasteiger partial charge in [0.25, 0.3) is 0 Å². The van der Waals surface area contributed by atoms with Crippen LogP contribution in [0.25, 0.3) is 0 Å². The number of nitrogens with zero attached hydrogens (tertiary/aromatic N) is 1. The van der Waals surface area contributed by atoms with Crippen molar-refractivity contribution in [1.29, 1.82) is 0 Å². The van der Waals surface area contributed by atoms with Crippen LogP contribution in [0, 0.1) is 0 Å². The SMILES string of the molecule is CN(C)c1ccc(C(CN)CCCc2ccccc2)cc1. The standard InChI is InChI=1S/C19H26N2/c1-21(2)19-13-11-17(12-14-19)18(15-20)10-6-9-16-7-4-3-5-8-16/h3-5,7-8,11-14,18H,6,9-10,15,20H2,1-2H3. The third-order valence-corrected chi connectivity index (χ3v) is 4.03. The molecule has 0 bridgehead atoms. The highest BCUT2D eigenvalue weighted by atomic mass is 15.1. The van der Waals surface area contributed by atoms with Crippen LogP contribution in [0.4, 0.5) is 5.69 Å². The van der Waals surface area contributed by atoms with Gasteiger partial charge in [0.05, 0.1) is 0 Å². The second-order valence-electron chi connectivity index (χ2n) is 5.80. The summed E-state index contributed by atoms with van der Waals surface area (Å²) in [5.74, 6) is 0.463. The van der Waals surface area contributed by atoms with Crippen LogP contribution in [0.1, 0.15) is 29.9 Å². The van der Waals surface area contributed by atoms with E-state index in [9.17, 15) is 0 Å². The Balaban J connectivity index is 1.90. The average Bonchev–Trinajstić information content (AvgIpc) is 2.53. The molecular weight excluding hydrogens is 256 g/mol. The zero-order valence-electron chi connectivity index (χ0n) is 13.1. The summed E-state index contributed by atoms with van der Waals surface area (Å²) in [5.41, 5.74) is 9.98. The molecule has 112 valence electrons. The quantitative estimate of drug-likeness (QED) is 0.836. The van der Waals surface area contributed by atoms with Crippen molar-refractivity contribution in [3.8, 4) is 0 Å². The Kier molecular flexibility index (Phi) is 5.82. The fourth-order valence-corrected chi connectivity index (χ4v) is 2.66. The van der Waals surface area contributed by atoms with Crippen molar-refractivity contribution in [3.63, 3.8) is 0 Å². The van der Waals surface area contributed by atoms with Crippen molar-refractivity contribution in [2.75, 3.05) is 25.5 Å². The lowest BCUT2D eigenvalue weighted by molar-refractivity contribution is 0.599. The second-order valence-corrected chi connectivity index (χ2v) is 5.80. The number of aryl methyl sites for hydroxylation is 1. The van der Waals surface area contributed by atoms with E-state index in [4.69, 9.17) is 5.73 Å². The molecule has 1 unspecified atom stereocenters. The molecular formula is C19H26N2. The highest BCUT2D eigenvalue weighted by Crippen LogP contribution is 2.23. The van der Waals surface area contributed by atoms with Gasteiger partial charge >= 0.3 is 0 Å². The van der Waals surface area contributed by atoms with Crippen molar-refractivity contribution in [1.82, 2.24) is 0 Å². The predicted molar refractivity (Wildman–Crippen MR) is 91.9 cm³/mol. The Morgan fingerprint density at radius 2 is 1.62 bits per heavy atom. The van der Waals surface area contributed by atoms with E-state index >= 15 is 0 Å². The van der Waals surface area contributed by atoms with Crippen molar-refractivity contribution in [2.24, 2.45) is 5.73 Å². The van der Waals surface area contributed by atoms with E-state index in [0.29, 0.717) is 5.92 Å². The first-order chi connectivity index (χ1) is 10.2. The number of hydrogen-bond donors (Lipinski definition) is 1. The first-order valence-electron chi connectivity index (χ1n) is 7.72. The van der Waals surface area contributed by atoms with Gasteiger partial charge in [0.1, 0.15) is 0 Å². The van der Waals surface area contributed by atoms with E-state index in [1.807, 2.05) is 0 Å². The summed E-state index contributed by atoms with van der Waals surface area (Å²) in [6.45, 7) is 0.718. The maximum absolute atomic E-state index is 5.97. The molecule has 2 nitrogen and oxygen atoms in total. The van der Waals surface area contributed by atoms with Gasteiger partial charge in [-0.25, -0.2) is 0 Å². The maximum Gasteiger partial charge on any atom is 0.0361 e. The minimum atomic E-state index is 0.463. The van der Waals surface area contributed by atoms with Crippen molar-refractivity contribution < 1.29 is 0 Å². The molecule has 0 aromatic heterocycles. The Morgan fingerprint density at radius 3 is 2.19 bits per heavy atom. The highest BCUT2D eigenvalue weighted by Gasteiger charge is 2.09. The summed E-state index contributed by atoms with van der Waals surface area (Å²) < 4.78 is 0. The summed E-state index contributed by atoms with van der Waals surface area (Å²) in [5, 5.41) is 0. The second kappa shape index (κ2) is 7.84. The monoisotopic (exact) mass is 282 g/mol. The van der Waals surface area contributed by atoms with E-state index in [-0.39, 0.29) is 0 Å².